The summed E-state index contributed by atoms with van der Waals surface area (Å²) in [4.78, 5) is 37.7. The van der Waals surface area contributed by atoms with Gasteiger partial charge in [-0.1, -0.05) is 109 Å². The smallest absolute Gasteiger partial charge is 0.417 e. The third-order valence-corrected chi connectivity index (χ3v) is 8.30. The summed E-state index contributed by atoms with van der Waals surface area (Å²) >= 11 is 0. The number of carbonyl (C=O) groups is 3. The molecule has 0 unspecified atom stereocenters. The Bertz CT molecular complexity index is 937. The molecule has 0 aromatic carbocycles. The lowest BCUT2D eigenvalue weighted by atomic mass is 10.0. The Morgan fingerprint density at radius 1 is 0.818 bits per heavy atom. The first-order valence-electron chi connectivity index (χ1n) is 17.4. The van der Waals surface area contributed by atoms with Crippen molar-refractivity contribution >= 4 is 18.1 Å². The van der Waals surface area contributed by atoms with Gasteiger partial charge in [-0.05, 0) is 13.3 Å². The zero-order chi connectivity index (χ0) is 31.8. The van der Waals surface area contributed by atoms with Gasteiger partial charge >= 0.3 is 12.2 Å². The second-order valence-electron chi connectivity index (χ2n) is 12.1. The van der Waals surface area contributed by atoms with Crippen LogP contribution >= 0.6 is 0 Å². The number of hydrogen-bond donors (Lipinski definition) is 1. The quantitative estimate of drug-likeness (QED) is 0.0945. The van der Waals surface area contributed by atoms with E-state index in [1.165, 1.54) is 96.8 Å². The summed E-state index contributed by atoms with van der Waals surface area (Å²) in [7, 11) is 0. The largest absolute Gasteiger partial charge is 0.447 e. The van der Waals surface area contributed by atoms with Crippen molar-refractivity contribution in [3.8, 4) is 0 Å². The van der Waals surface area contributed by atoms with E-state index >= 15 is 0 Å². The Kier molecular flexibility index (Phi) is 20.2. The topological polar surface area (TPSA) is 98.0 Å². The molecule has 2 heterocycles. The van der Waals surface area contributed by atoms with Crippen LogP contribution in [0.5, 0.6) is 0 Å². The molecule has 2 rings (SSSR count). The molecule has 0 saturated carbocycles. The van der Waals surface area contributed by atoms with Crippen LogP contribution in [-0.4, -0.2) is 55.0 Å². The zero-order valence-electron chi connectivity index (χ0n) is 27.9. The highest BCUT2D eigenvalue weighted by atomic mass is 16.6. The summed E-state index contributed by atoms with van der Waals surface area (Å²) < 4.78 is 18.3. The van der Waals surface area contributed by atoms with E-state index in [4.69, 9.17) is 14.2 Å². The van der Waals surface area contributed by atoms with Crippen LogP contribution in [0.1, 0.15) is 136 Å². The summed E-state index contributed by atoms with van der Waals surface area (Å²) in [6.07, 6.45) is 22.1. The van der Waals surface area contributed by atoms with Crippen molar-refractivity contribution < 1.29 is 33.2 Å². The van der Waals surface area contributed by atoms with Crippen LogP contribution in [0.3, 0.4) is 0 Å². The standard InChI is InChI=1S/C35H59N3O6/c1-4-6-7-8-9-10-11-12-13-14-15-16-17-18-19-21-24-36-34(40)42-28-32-26-33(44-32)29-43-35(41)38(30(3)39)27-31-23-20-22-25-37(31)5-2/h20,22-23,25,32-33H,4-19,21,24,26-29H2,1-3H3/p+1/t32-,33-/m0/s1. The summed E-state index contributed by atoms with van der Waals surface area (Å²) in [6, 6.07) is 5.66. The zero-order valence-corrected chi connectivity index (χ0v) is 27.9. The maximum atomic E-state index is 12.6. The van der Waals surface area contributed by atoms with Gasteiger partial charge in [0.15, 0.2) is 6.20 Å². The molecule has 1 aliphatic heterocycles. The van der Waals surface area contributed by atoms with Gasteiger partial charge in [0.05, 0.1) is 12.2 Å². The Balaban J connectivity index is 1.40. The summed E-state index contributed by atoms with van der Waals surface area (Å²) in [5.41, 5.74) is 0.840. The molecule has 44 heavy (non-hydrogen) atoms. The Morgan fingerprint density at radius 3 is 1.86 bits per heavy atom. The molecule has 3 amide bonds. The van der Waals surface area contributed by atoms with Crippen molar-refractivity contribution in [2.24, 2.45) is 0 Å². The van der Waals surface area contributed by atoms with E-state index in [1.54, 1.807) is 0 Å². The lowest BCUT2D eigenvalue weighted by molar-refractivity contribution is -0.701. The highest BCUT2D eigenvalue weighted by molar-refractivity contribution is 5.90. The molecule has 9 heteroatoms. The Labute approximate surface area is 266 Å². The van der Waals surface area contributed by atoms with E-state index in [9.17, 15) is 14.4 Å². The van der Waals surface area contributed by atoms with Gasteiger partial charge in [0, 0.05) is 32.0 Å². The average molecular weight is 619 g/mol. The van der Waals surface area contributed by atoms with Crippen LogP contribution in [0.4, 0.5) is 9.59 Å². The van der Waals surface area contributed by atoms with Gasteiger partial charge in [0.1, 0.15) is 26.3 Å². The number of pyridine rings is 1. The molecule has 1 fully saturated rings. The van der Waals surface area contributed by atoms with Crippen molar-refractivity contribution in [1.82, 2.24) is 10.2 Å². The lowest BCUT2D eigenvalue weighted by Crippen LogP contribution is -2.46. The molecule has 2 atom stereocenters. The molecule has 0 spiro atoms. The summed E-state index contributed by atoms with van der Waals surface area (Å²) in [5.74, 6) is -0.382. The predicted molar refractivity (Wildman–Crippen MR) is 172 cm³/mol. The number of nitrogens with zero attached hydrogens (tertiary/aromatic N) is 2. The Hall–Kier alpha value is -2.68. The fraction of sp³-hybridized carbons (Fsp3) is 0.771. The number of aryl methyl sites for hydroxylation is 1. The SMILES string of the molecule is CCCCCCCCCCCCCCCCCCNC(=O)OC[C@@H]1C[C@@H](COC(=O)N(Cc2cccc[n+]2CC)C(C)=O)O1. The van der Waals surface area contributed by atoms with Gasteiger partial charge in [-0.15, -0.1) is 0 Å². The van der Waals surface area contributed by atoms with Gasteiger partial charge in [-0.2, -0.15) is 0 Å². The normalized spacial score (nSPS) is 15.8. The van der Waals surface area contributed by atoms with Crippen LogP contribution in [-0.2, 0) is 32.1 Å². The van der Waals surface area contributed by atoms with E-state index in [0.717, 1.165) is 30.0 Å². The molecular formula is C35H60N3O6+. The number of unbranched alkanes of at least 4 members (excludes halogenated alkanes) is 15. The first kappa shape index (κ1) is 37.5. The van der Waals surface area contributed by atoms with Crippen molar-refractivity contribution in [3.05, 3.63) is 30.1 Å². The minimum absolute atomic E-state index is 0.0487. The minimum Gasteiger partial charge on any atom is -0.447 e. The maximum absolute atomic E-state index is 12.6. The summed E-state index contributed by atoms with van der Waals surface area (Å²) in [5, 5.41) is 2.81. The van der Waals surface area contributed by atoms with E-state index in [2.05, 4.69) is 12.2 Å². The number of hydrogen-bond acceptors (Lipinski definition) is 6. The van der Waals surface area contributed by atoms with Crippen molar-refractivity contribution in [2.45, 2.75) is 155 Å². The molecule has 1 aliphatic rings. The third-order valence-electron chi connectivity index (χ3n) is 8.30. The lowest BCUT2D eigenvalue weighted by Gasteiger charge is -2.35. The number of imide groups is 1. The molecule has 0 aliphatic carbocycles. The van der Waals surface area contributed by atoms with Gasteiger partial charge in [0.25, 0.3) is 0 Å². The predicted octanol–water partition coefficient (Wildman–Crippen LogP) is 7.62. The number of carbonyl (C=O) groups excluding carboxylic acids is 3. The van der Waals surface area contributed by atoms with Gasteiger partial charge in [-0.25, -0.2) is 19.1 Å². The van der Waals surface area contributed by atoms with Crippen molar-refractivity contribution in [3.63, 3.8) is 0 Å². The van der Waals surface area contributed by atoms with Crippen LogP contribution in [0, 0.1) is 0 Å². The average Bonchev–Trinajstić information content (AvgIpc) is 3.00. The number of rotatable bonds is 24. The van der Waals surface area contributed by atoms with Crippen LogP contribution in [0.25, 0.3) is 0 Å². The number of ether oxygens (including phenoxy) is 3. The molecule has 1 saturated heterocycles. The second kappa shape index (κ2) is 23.7. The third kappa shape index (κ3) is 16.4. The summed E-state index contributed by atoms with van der Waals surface area (Å²) in [6.45, 7) is 7.32. The fourth-order valence-corrected chi connectivity index (χ4v) is 5.52. The second-order valence-corrected chi connectivity index (χ2v) is 12.1. The molecule has 250 valence electrons. The fourth-order valence-electron chi connectivity index (χ4n) is 5.52. The molecule has 1 aromatic heterocycles. The number of amides is 3. The number of aromatic nitrogens is 1. The highest BCUT2D eigenvalue weighted by Crippen LogP contribution is 2.21. The van der Waals surface area contributed by atoms with E-state index in [0.29, 0.717) is 13.0 Å². The highest BCUT2D eigenvalue weighted by Gasteiger charge is 2.33. The first-order valence-corrected chi connectivity index (χ1v) is 17.4. The van der Waals surface area contributed by atoms with Crippen LogP contribution < -0.4 is 9.88 Å². The van der Waals surface area contributed by atoms with Crippen LogP contribution in [0.2, 0.25) is 0 Å². The monoisotopic (exact) mass is 618 g/mol. The van der Waals surface area contributed by atoms with E-state index in [-0.39, 0.29) is 37.9 Å². The van der Waals surface area contributed by atoms with Crippen molar-refractivity contribution in [1.29, 1.82) is 0 Å². The molecule has 9 nitrogen and oxygen atoms in total. The molecular weight excluding hydrogens is 558 g/mol. The van der Waals surface area contributed by atoms with Gasteiger partial charge in [0.2, 0.25) is 11.6 Å². The molecule has 0 radical (unpaired) electrons. The minimum atomic E-state index is -0.694. The Morgan fingerprint density at radius 2 is 1.34 bits per heavy atom. The van der Waals surface area contributed by atoms with Crippen LogP contribution in [0.15, 0.2) is 24.4 Å². The molecule has 1 aromatic rings. The van der Waals surface area contributed by atoms with Crippen molar-refractivity contribution in [2.75, 3.05) is 19.8 Å². The van der Waals surface area contributed by atoms with Gasteiger partial charge < -0.3 is 19.5 Å². The molecule has 0 bridgehead atoms. The number of alkyl carbamates (subject to hydrolysis) is 1. The number of nitrogens with one attached hydrogen (secondary N) is 1. The molecule has 1 N–H and O–H groups in total. The van der Waals surface area contributed by atoms with Gasteiger partial charge in [-0.3, -0.25) is 4.79 Å². The maximum Gasteiger partial charge on any atom is 0.417 e. The van der Waals surface area contributed by atoms with E-state index < -0.39 is 12.2 Å². The van der Waals surface area contributed by atoms with E-state index in [1.807, 2.05) is 35.9 Å². The first-order chi connectivity index (χ1) is 21.4.